The van der Waals surface area contributed by atoms with Crippen LogP contribution in [0.3, 0.4) is 0 Å². The van der Waals surface area contributed by atoms with Gasteiger partial charge in [-0.25, -0.2) is 0 Å². The van der Waals surface area contributed by atoms with Gasteiger partial charge in [0, 0.05) is 5.56 Å². The molecule has 2 radical (unpaired) electrons. The molecule has 130 valence electrons. The van der Waals surface area contributed by atoms with E-state index in [4.69, 9.17) is 12.3 Å². The monoisotopic (exact) mass is 358 g/mol. The number of benzene rings is 4. The average molecular weight is 358 g/mol. The van der Waals surface area contributed by atoms with Crippen molar-refractivity contribution in [2.24, 2.45) is 0 Å². The first-order chi connectivity index (χ1) is 13.7. The summed E-state index contributed by atoms with van der Waals surface area (Å²) in [5.74, 6) is 0. The van der Waals surface area contributed by atoms with E-state index in [0.29, 0.717) is 21.9 Å². The molecule has 0 bridgehead atoms. The van der Waals surface area contributed by atoms with E-state index in [1.807, 2.05) is 72.8 Å². The molecule has 0 aliphatic heterocycles. The second-order valence-electron chi connectivity index (χ2n) is 6.81. The summed E-state index contributed by atoms with van der Waals surface area (Å²) in [7, 11) is 5.90. The summed E-state index contributed by atoms with van der Waals surface area (Å²) in [5, 5.41) is 1.19. The van der Waals surface area contributed by atoms with Crippen LogP contribution in [0.4, 0.5) is 0 Å². The maximum absolute atomic E-state index is 12.9. The van der Waals surface area contributed by atoms with Crippen molar-refractivity contribution in [2.75, 3.05) is 0 Å². The van der Waals surface area contributed by atoms with Gasteiger partial charge in [0.05, 0.1) is 10.8 Å². The molecule has 0 saturated carbocycles. The summed E-state index contributed by atoms with van der Waals surface area (Å²) in [4.78, 5) is 12.9. The first kappa shape index (κ1) is 16.6. The first-order valence-electron chi connectivity index (χ1n) is 9.12. The fourth-order valence-electron chi connectivity index (χ4n) is 3.61. The second-order valence-corrected chi connectivity index (χ2v) is 6.81. The van der Waals surface area contributed by atoms with Gasteiger partial charge in [0.1, 0.15) is 19.0 Å². The summed E-state index contributed by atoms with van der Waals surface area (Å²) in [6.45, 7) is 0. The summed E-state index contributed by atoms with van der Waals surface area (Å²) in [5.41, 5.74) is 6.01. The molecule has 1 heterocycles. The van der Waals surface area contributed by atoms with Gasteiger partial charge in [-0.05, 0) is 34.9 Å². The summed E-state index contributed by atoms with van der Waals surface area (Å²) in [6, 6.07) is 29.1. The van der Waals surface area contributed by atoms with Crippen molar-refractivity contribution in [3.8, 4) is 22.3 Å². The van der Waals surface area contributed by atoms with Gasteiger partial charge in [-0.3, -0.25) is 4.79 Å². The van der Waals surface area contributed by atoms with Crippen molar-refractivity contribution >= 4 is 35.2 Å². The van der Waals surface area contributed by atoms with E-state index < -0.39 is 0 Å². The molecule has 0 aliphatic carbocycles. The zero-order valence-electron chi connectivity index (χ0n) is 15.1. The molecule has 5 rings (SSSR count). The average Bonchev–Trinajstić information content (AvgIpc) is 2.74. The molecule has 1 aromatic heterocycles. The zero-order chi connectivity index (χ0) is 19.1. The van der Waals surface area contributed by atoms with Crippen LogP contribution >= 0.6 is 0 Å². The van der Waals surface area contributed by atoms with Crippen molar-refractivity contribution in [3.63, 3.8) is 0 Å². The molecule has 0 aliphatic rings. The Hall–Kier alpha value is -3.59. The number of hydrogen-bond acceptors (Lipinski definition) is 2. The highest BCUT2D eigenvalue weighted by Gasteiger charge is 2.12. The number of hydrogen-bond donors (Lipinski definition) is 0. The maximum atomic E-state index is 12.9. The molecule has 4 aromatic carbocycles. The number of para-hydroxylation sites is 2. The fraction of sp³-hybridized carbons (Fsp3) is 0. The van der Waals surface area contributed by atoms with Gasteiger partial charge >= 0.3 is 0 Å². The highest BCUT2D eigenvalue weighted by atomic mass is 16.3. The molecule has 28 heavy (non-hydrogen) atoms. The van der Waals surface area contributed by atoms with Gasteiger partial charge in [0.25, 0.3) is 0 Å². The number of fused-ring (bicyclic) bond motifs is 2. The Balaban J connectivity index is 1.68. The molecule has 0 fully saturated rings. The lowest BCUT2D eigenvalue weighted by Gasteiger charge is -2.09. The minimum atomic E-state index is -0.00455. The van der Waals surface area contributed by atoms with Crippen molar-refractivity contribution in [3.05, 3.63) is 101 Å². The van der Waals surface area contributed by atoms with Crippen LogP contribution in [0.2, 0.25) is 0 Å². The van der Waals surface area contributed by atoms with E-state index in [9.17, 15) is 4.79 Å². The van der Waals surface area contributed by atoms with Gasteiger partial charge in [0.15, 0.2) is 0 Å². The lowest BCUT2D eigenvalue weighted by atomic mass is 9.92. The third-order valence-electron chi connectivity index (χ3n) is 5.02. The molecule has 3 heteroatoms. The molecule has 0 saturated heterocycles. The van der Waals surface area contributed by atoms with Crippen LogP contribution < -0.4 is 10.9 Å². The van der Waals surface area contributed by atoms with Crippen LogP contribution in [-0.2, 0) is 0 Å². The first-order valence-corrected chi connectivity index (χ1v) is 9.12. The SMILES string of the molecule is [B]c1cccc(-c2ccc(-c3cccc4c(=O)c5ccccc5oc34)cc2)c1. The standard InChI is InChI=1S/C25H15BO2/c26-19-6-3-5-18(15-19)16-11-13-17(14-12-16)20-8-4-9-22-24(27)21-7-1-2-10-23(21)28-25(20)22/h1-15H. The van der Waals surface area contributed by atoms with E-state index in [0.717, 1.165) is 27.7 Å². The third kappa shape index (κ3) is 2.73. The van der Waals surface area contributed by atoms with E-state index in [2.05, 4.69) is 12.1 Å². The van der Waals surface area contributed by atoms with Crippen LogP contribution in [0.15, 0.2) is 100 Å². The highest BCUT2D eigenvalue weighted by Crippen LogP contribution is 2.31. The lowest BCUT2D eigenvalue weighted by molar-refractivity contribution is 0.661. The normalized spacial score (nSPS) is 11.1. The summed E-state index contributed by atoms with van der Waals surface area (Å²) < 4.78 is 6.13. The van der Waals surface area contributed by atoms with Crippen LogP contribution in [0.1, 0.15) is 0 Å². The van der Waals surface area contributed by atoms with Crippen LogP contribution in [0, 0.1) is 0 Å². The Labute approximate surface area is 163 Å². The molecule has 0 amide bonds. The Kier molecular flexibility index (Phi) is 3.87. The van der Waals surface area contributed by atoms with Crippen molar-refractivity contribution in [1.29, 1.82) is 0 Å². The lowest BCUT2D eigenvalue weighted by Crippen LogP contribution is -2.02. The van der Waals surface area contributed by atoms with Gasteiger partial charge in [-0.2, -0.15) is 0 Å². The summed E-state index contributed by atoms with van der Waals surface area (Å²) in [6.07, 6.45) is 0. The second kappa shape index (κ2) is 6.54. The minimum absolute atomic E-state index is 0.00455. The molecule has 0 unspecified atom stereocenters. The highest BCUT2D eigenvalue weighted by molar-refractivity contribution is 6.32. The summed E-state index contributed by atoms with van der Waals surface area (Å²) >= 11 is 0. The Morgan fingerprint density at radius 3 is 2.18 bits per heavy atom. The fourth-order valence-corrected chi connectivity index (χ4v) is 3.61. The Morgan fingerprint density at radius 1 is 0.643 bits per heavy atom. The van der Waals surface area contributed by atoms with Crippen molar-refractivity contribution in [2.45, 2.75) is 0 Å². The Morgan fingerprint density at radius 2 is 1.36 bits per heavy atom. The van der Waals surface area contributed by atoms with E-state index in [1.165, 1.54) is 0 Å². The van der Waals surface area contributed by atoms with Crippen LogP contribution in [-0.4, -0.2) is 7.85 Å². The minimum Gasteiger partial charge on any atom is -0.455 e. The smallest absolute Gasteiger partial charge is 0.200 e. The van der Waals surface area contributed by atoms with Crippen LogP contribution in [0.25, 0.3) is 44.2 Å². The topological polar surface area (TPSA) is 30.2 Å². The van der Waals surface area contributed by atoms with Gasteiger partial charge < -0.3 is 4.42 Å². The van der Waals surface area contributed by atoms with E-state index in [-0.39, 0.29) is 5.43 Å². The molecule has 0 atom stereocenters. The van der Waals surface area contributed by atoms with Gasteiger partial charge in [-0.15, -0.1) is 0 Å². The molecule has 2 nitrogen and oxygen atoms in total. The van der Waals surface area contributed by atoms with Crippen molar-refractivity contribution < 1.29 is 4.42 Å². The largest absolute Gasteiger partial charge is 0.455 e. The van der Waals surface area contributed by atoms with E-state index in [1.54, 1.807) is 6.07 Å². The predicted molar refractivity (Wildman–Crippen MR) is 116 cm³/mol. The van der Waals surface area contributed by atoms with Crippen molar-refractivity contribution in [1.82, 2.24) is 0 Å². The third-order valence-corrected chi connectivity index (χ3v) is 5.02. The molecule has 0 spiro atoms. The Bertz CT molecular complexity index is 1380. The van der Waals surface area contributed by atoms with Gasteiger partial charge in [0.2, 0.25) is 5.43 Å². The predicted octanol–water partition coefficient (Wildman–Crippen LogP) is 5.07. The maximum Gasteiger partial charge on any atom is 0.200 e. The van der Waals surface area contributed by atoms with Gasteiger partial charge in [-0.1, -0.05) is 78.3 Å². The van der Waals surface area contributed by atoms with Crippen LogP contribution in [0.5, 0.6) is 0 Å². The molecule has 0 N–H and O–H groups in total. The molecular formula is C25H15BO2. The van der Waals surface area contributed by atoms with E-state index >= 15 is 0 Å². The zero-order valence-corrected chi connectivity index (χ0v) is 15.1. The molecular weight excluding hydrogens is 343 g/mol. The quantitative estimate of drug-likeness (QED) is 0.326. The number of rotatable bonds is 2. The molecule has 5 aromatic rings.